The molecule has 0 radical (unpaired) electrons. The number of hydrogen-bond acceptors (Lipinski definition) is 10. The van der Waals surface area contributed by atoms with Gasteiger partial charge >= 0.3 is 0 Å². The van der Waals surface area contributed by atoms with Gasteiger partial charge in [-0.25, -0.2) is 0 Å². The van der Waals surface area contributed by atoms with E-state index in [1.54, 1.807) is 6.92 Å². The summed E-state index contributed by atoms with van der Waals surface area (Å²) >= 11 is 0. The molecular formula is C17H34N2O9. The molecule has 1 heterocycles. The van der Waals surface area contributed by atoms with Gasteiger partial charge in [-0.1, -0.05) is 0 Å². The Labute approximate surface area is 164 Å². The lowest BCUT2D eigenvalue weighted by atomic mass is 9.92. The van der Waals surface area contributed by atoms with E-state index in [0.717, 1.165) is 0 Å². The Bertz CT molecular complexity index is 468. The van der Waals surface area contributed by atoms with Crippen molar-refractivity contribution in [2.75, 3.05) is 19.8 Å². The van der Waals surface area contributed by atoms with E-state index in [4.69, 9.17) is 19.9 Å². The van der Waals surface area contributed by atoms with Crippen molar-refractivity contribution in [3.8, 4) is 0 Å². The molecule has 0 spiro atoms. The Morgan fingerprint density at radius 3 is 2.39 bits per heavy atom. The number of rotatable bonds is 11. The first-order chi connectivity index (χ1) is 13.1. The molecule has 1 rings (SSSR count). The molecule has 11 nitrogen and oxygen atoms in total. The first kappa shape index (κ1) is 25.1. The average molecular weight is 410 g/mol. The Morgan fingerprint density at radius 1 is 1.25 bits per heavy atom. The molecule has 8 N–H and O–H groups in total. The van der Waals surface area contributed by atoms with Crippen molar-refractivity contribution >= 4 is 5.91 Å². The van der Waals surface area contributed by atoms with Crippen LogP contribution in [0.1, 0.15) is 27.2 Å². The normalized spacial score (nSPS) is 32.4. The predicted molar refractivity (Wildman–Crippen MR) is 97.0 cm³/mol. The maximum atomic E-state index is 11.7. The second-order valence-corrected chi connectivity index (χ2v) is 7.02. The quantitative estimate of drug-likeness (QED) is 0.171. The number of carbonyl (C=O) groups is 1. The highest BCUT2D eigenvalue weighted by Gasteiger charge is 2.43. The van der Waals surface area contributed by atoms with E-state index in [1.807, 2.05) is 0 Å². The molecule has 0 aromatic carbocycles. The van der Waals surface area contributed by atoms with Gasteiger partial charge in [0.1, 0.15) is 24.4 Å². The zero-order valence-corrected chi connectivity index (χ0v) is 16.5. The number of ether oxygens (including phenoxy) is 3. The molecule has 0 saturated carbocycles. The molecule has 0 aromatic heterocycles. The van der Waals surface area contributed by atoms with Crippen LogP contribution in [0, 0.1) is 0 Å². The van der Waals surface area contributed by atoms with E-state index >= 15 is 0 Å². The molecule has 166 valence electrons. The molecule has 1 aliphatic rings. The standard InChI is InChI=1S/C17H34N2O9/c1-8(21)13(7-20)28-17(26-5-4-18)11(19-10(3)22)6-12-15(24)16(25)14(23)9(2)27-12/h8-9,11-17,20-21,23-25H,4-7,18H2,1-3H3,(H,19,22). The van der Waals surface area contributed by atoms with E-state index in [1.165, 1.54) is 13.8 Å². The van der Waals surface area contributed by atoms with Gasteiger partial charge in [-0.3, -0.25) is 4.79 Å². The first-order valence-electron chi connectivity index (χ1n) is 9.35. The summed E-state index contributed by atoms with van der Waals surface area (Å²) in [6.45, 7) is 4.01. The van der Waals surface area contributed by atoms with Crippen LogP contribution in [0.25, 0.3) is 0 Å². The second kappa shape index (κ2) is 12.0. The minimum Gasteiger partial charge on any atom is -0.394 e. The van der Waals surface area contributed by atoms with Crippen LogP contribution in [0.15, 0.2) is 0 Å². The minimum absolute atomic E-state index is 0.0257. The van der Waals surface area contributed by atoms with Crippen molar-refractivity contribution in [1.82, 2.24) is 5.32 Å². The highest BCUT2D eigenvalue weighted by molar-refractivity contribution is 5.73. The Morgan fingerprint density at radius 2 is 1.89 bits per heavy atom. The number of nitrogens with one attached hydrogen (secondary N) is 1. The minimum atomic E-state index is -1.42. The Hall–Kier alpha value is -0.890. The van der Waals surface area contributed by atoms with Crippen LogP contribution in [0.2, 0.25) is 0 Å². The Kier molecular flexibility index (Phi) is 10.7. The summed E-state index contributed by atoms with van der Waals surface area (Å²) in [5, 5.41) is 51.9. The third kappa shape index (κ3) is 7.17. The SMILES string of the molecule is CC(=O)NC(CC1OC(C)C(O)C(O)C1O)C(OCCN)OC(CO)C(C)O. The fraction of sp³-hybridized carbons (Fsp3) is 0.941. The van der Waals surface area contributed by atoms with E-state index in [9.17, 15) is 30.3 Å². The highest BCUT2D eigenvalue weighted by atomic mass is 16.7. The van der Waals surface area contributed by atoms with Gasteiger partial charge in [0.25, 0.3) is 0 Å². The summed E-state index contributed by atoms with van der Waals surface area (Å²) in [5.41, 5.74) is 5.47. The lowest BCUT2D eigenvalue weighted by molar-refractivity contribution is -0.236. The van der Waals surface area contributed by atoms with E-state index in [-0.39, 0.29) is 19.6 Å². The highest BCUT2D eigenvalue weighted by Crippen LogP contribution is 2.25. The fourth-order valence-corrected chi connectivity index (χ4v) is 3.00. The van der Waals surface area contributed by atoms with Gasteiger partial charge in [0.05, 0.1) is 37.6 Å². The number of amides is 1. The summed E-state index contributed by atoms with van der Waals surface area (Å²) in [5.74, 6) is -0.411. The lowest BCUT2D eigenvalue weighted by Crippen LogP contribution is -2.59. The summed E-state index contributed by atoms with van der Waals surface area (Å²) in [7, 11) is 0. The second-order valence-electron chi connectivity index (χ2n) is 7.02. The van der Waals surface area contributed by atoms with Crippen molar-refractivity contribution in [3.63, 3.8) is 0 Å². The third-order valence-electron chi connectivity index (χ3n) is 4.58. The Balaban J connectivity index is 3.00. The molecule has 0 aromatic rings. The van der Waals surface area contributed by atoms with Crippen molar-refractivity contribution in [1.29, 1.82) is 0 Å². The molecule has 1 aliphatic heterocycles. The third-order valence-corrected chi connectivity index (χ3v) is 4.58. The maximum absolute atomic E-state index is 11.7. The summed E-state index contributed by atoms with van der Waals surface area (Å²) in [6.07, 6.45) is -8.88. The average Bonchev–Trinajstić information content (AvgIpc) is 2.63. The molecule has 28 heavy (non-hydrogen) atoms. The lowest BCUT2D eigenvalue weighted by Gasteiger charge is -2.41. The number of hydrogen-bond donors (Lipinski definition) is 7. The van der Waals surface area contributed by atoms with Crippen molar-refractivity contribution in [3.05, 3.63) is 0 Å². The van der Waals surface area contributed by atoms with Gasteiger partial charge in [0, 0.05) is 19.9 Å². The smallest absolute Gasteiger partial charge is 0.217 e. The molecule has 0 aliphatic carbocycles. The van der Waals surface area contributed by atoms with Gasteiger partial charge < -0.3 is 50.8 Å². The van der Waals surface area contributed by atoms with Crippen LogP contribution in [0.5, 0.6) is 0 Å². The molecule has 9 unspecified atom stereocenters. The predicted octanol–water partition coefficient (Wildman–Crippen LogP) is -3.19. The van der Waals surface area contributed by atoms with Crippen molar-refractivity contribution in [2.24, 2.45) is 5.73 Å². The van der Waals surface area contributed by atoms with E-state index in [0.29, 0.717) is 0 Å². The van der Waals surface area contributed by atoms with Crippen LogP contribution in [0.4, 0.5) is 0 Å². The largest absolute Gasteiger partial charge is 0.394 e. The van der Waals surface area contributed by atoms with Gasteiger partial charge in [-0.15, -0.1) is 0 Å². The maximum Gasteiger partial charge on any atom is 0.217 e. The summed E-state index contributed by atoms with van der Waals surface area (Å²) < 4.78 is 16.8. The summed E-state index contributed by atoms with van der Waals surface area (Å²) in [6, 6.07) is -0.855. The molecule has 1 fully saturated rings. The number of carbonyl (C=O) groups excluding carboxylic acids is 1. The fourth-order valence-electron chi connectivity index (χ4n) is 3.00. The zero-order chi connectivity index (χ0) is 21.4. The van der Waals surface area contributed by atoms with Gasteiger partial charge in [0.15, 0.2) is 6.29 Å². The van der Waals surface area contributed by atoms with Gasteiger partial charge in [-0.2, -0.15) is 0 Å². The van der Waals surface area contributed by atoms with E-state index in [2.05, 4.69) is 5.32 Å². The zero-order valence-electron chi connectivity index (χ0n) is 16.5. The molecule has 11 heteroatoms. The van der Waals surface area contributed by atoms with Crippen LogP contribution >= 0.6 is 0 Å². The number of aliphatic hydroxyl groups is 5. The topological polar surface area (TPSA) is 184 Å². The first-order valence-corrected chi connectivity index (χ1v) is 9.35. The number of aliphatic hydroxyl groups excluding tert-OH is 5. The van der Waals surface area contributed by atoms with Gasteiger partial charge in [0.2, 0.25) is 5.91 Å². The molecule has 1 amide bonds. The van der Waals surface area contributed by atoms with Crippen LogP contribution in [-0.2, 0) is 19.0 Å². The monoisotopic (exact) mass is 410 g/mol. The number of nitrogens with two attached hydrogens (primary N) is 1. The summed E-state index contributed by atoms with van der Waals surface area (Å²) in [4.78, 5) is 11.7. The van der Waals surface area contributed by atoms with Crippen LogP contribution in [-0.4, -0.2) is 106 Å². The molecular weight excluding hydrogens is 376 g/mol. The van der Waals surface area contributed by atoms with Crippen molar-refractivity contribution in [2.45, 2.75) is 82.3 Å². The molecule has 1 saturated heterocycles. The molecule has 9 atom stereocenters. The van der Waals surface area contributed by atoms with Crippen molar-refractivity contribution < 1.29 is 44.5 Å². The van der Waals surface area contributed by atoms with E-state index < -0.39 is 67.6 Å². The van der Waals surface area contributed by atoms with Gasteiger partial charge in [-0.05, 0) is 13.8 Å². The molecule has 0 bridgehead atoms. The van der Waals surface area contributed by atoms with Crippen LogP contribution in [0.3, 0.4) is 0 Å². The van der Waals surface area contributed by atoms with Crippen LogP contribution < -0.4 is 11.1 Å².